The molecule has 1 saturated heterocycles. The number of aryl methyl sites for hydroxylation is 1. The zero-order valence-corrected chi connectivity index (χ0v) is 10.1. The third-order valence-electron chi connectivity index (χ3n) is 2.95. The molecule has 1 aliphatic heterocycles. The van der Waals surface area contributed by atoms with Crippen molar-refractivity contribution in [1.29, 1.82) is 0 Å². The smallest absolute Gasteiger partial charge is 0.249 e. The number of benzene rings is 1. The lowest BCUT2D eigenvalue weighted by atomic mass is 10.1. The van der Waals surface area contributed by atoms with Crippen molar-refractivity contribution < 1.29 is 9.59 Å². The molecule has 0 bridgehead atoms. The number of carbonyl (C=O) groups excluding carboxylic acids is 2. The number of rotatable bonds is 2. The fourth-order valence-electron chi connectivity index (χ4n) is 1.97. The molecule has 0 saturated carbocycles. The number of anilines is 1. The molecule has 4 heteroatoms. The van der Waals surface area contributed by atoms with Crippen molar-refractivity contribution in [3.63, 3.8) is 0 Å². The van der Waals surface area contributed by atoms with Crippen LogP contribution >= 0.6 is 0 Å². The van der Waals surface area contributed by atoms with Gasteiger partial charge in [0.15, 0.2) is 0 Å². The first-order valence-corrected chi connectivity index (χ1v) is 5.81. The summed E-state index contributed by atoms with van der Waals surface area (Å²) in [6.07, 6.45) is 0.914. The molecule has 1 heterocycles. The number of hydrogen-bond donors (Lipinski definition) is 1. The highest BCUT2D eigenvalue weighted by Gasteiger charge is 2.30. The van der Waals surface area contributed by atoms with E-state index >= 15 is 0 Å². The molecule has 1 N–H and O–H groups in total. The first kappa shape index (κ1) is 11.6. The van der Waals surface area contributed by atoms with Crippen LogP contribution in [0.2, 0.25) is 0 Å². The zero-order chi connectivity index (χ0) is 12.4. The van der Waals surface area contributed by atoms with Gasteiger partial charge in [0.05, 0.1) is 0 Å². The van der Waals surface area contributed by atoms with E-state index in [0.29, 0.717) is 0 Å². The standard InChI is InChI=1S/C13H16N2O2/c1-3-10-5-4-6-11(7-10)15-8-12(16)14-9(2)13(15)17/h4-7,9H,3,8H2,1-2H3,(H,14,16). The maximum Gasteiger partial charge on any atom is 0.249 e. The van der Waals surface area contributed by atoms with E-state index in [1.165, 1.54) is 0 Å². The lowest BCUT2D eigenvalue weighted by Crippen LogP contribution is -2.57. The molecular formula is C13H16N2O2. The molecule has 17 heavy (non-hydrogen) atoms. The van der Waals surface area contributed by atoms with E-state index in [2.05, 4.69) is 12.2 Å². The highest BCUT2D eigenvalue weighted by Crippen LogP contribution is 2.19. The molecule has 1 aromatic carbocycles. The fraction of sp³-hybridized carbons (Fsp3) is 0.385. The predicted octanol–water partition coefficient (Wildman–Crippen LogP) is 1.10. The first-order chi connectivity index (χ1) is 8.11. The quantitative estimate of drug-likeness (QED) is 0.830. The highest BCUT2D eigenvalue weighted by molar-refractivity contribution is 6.06. The van der Waals surface area contributed by atoms with Crippen molar-refractivity contribution in [1.82, 2.24) is 5.32 Å². The molecule has 1 unspecified atom stereocenters. The van der Waals surface area contributed by atoms with E-state index in [0.717, 1.165) is 17.7 Å². The van der Waals surface area contributed by atoms with Gasteiger partial charge in [-0.15, -0.1) is 0 Å². The van der Waals surface area contributed by atoms with Crippen molar-refractivity contribution in [3.05, 3.63) is 29.8 Å². The van der Waals surface area contributed by atoms with Crippen LogP contribution in [0.5, 0.6) is 0 Å². The Morgan fingerprint density at radius 2 is 2.18 bits per heavy atom. The maximum atomic E-state index is 12.0. The summed E-state index contributed by atoms with van der Waals surface area (Å²) in [5, 5.41) is 2.63. The third kappa shape index (κ3) is 2.30. The second-order valence-electron chi connectivity index (χ2n) is 4.24. The van der Waals surface area contributed by atoms with Crippen LogP contribution < -0.4 is 10.2 Å². The Morgan fingerprint density at radius 1 is 1.41 bits per heavy atom. The first-order valence-electron chi connectivity index (χ1n) is 5.81. The molecule has 2 rings (SSSR count). The van der Waals surface area contributed by atoms with Crippen LogP contribution in [0.15, 0.2) is 24.3 Å². The molecule has 4 nitrogen and oxygen atoms in total. The van der Waals surface area contributed by atoms with Gasteiger partial charge in [-0.2, -0.15) is 0 Å². The molecule has 1 atom stereocenters. The van der Waals surface area contributed by atoms with Crippen molar-refractivity contribution in [2.45, 2.75) is 26.3 Å². The van der Waals surface area contributed by atoms with Crippen LogP contribution in [0.1, 0.15) is 19.4 Å². The minimum absolute atomic E-state index is 0.0575. The van der Waals surface area contributed by atoms with Crippen LogP contribution in [-0.4, -0.2) is 24.4 Å². The average Bonchev–Trinajstić information content (AvgIpc) is 2.34. The molecule has 0 spiro atoms. The summed E-state index contributed by atoms with van der Waals surface area (Å²) in [6.45, 7) is 3.87. The molecule has 2 amide bonds. The van der Waals surface area contributed by atoms with Gasteiger partial charge in [-0.1, -0.05) is 19.1 Å². The molecular weight excluding hydrogens is 216 g/mol. The number of amides is 2. The van der Waals surface area contributed by atoms with Gasteiger partial charge in [0.25, 0.3) is 0 Å². The summed E-state index contributed by atoms with van der Waals surface area (Å²) in [7, 11) is 0. The van der Waals surface area contributed by atoms with Gasteiger partial charge in [-0.3, -0.25) is 9.59 Å². The molecule has 0 aliphatic carbocycles. The Labute approximate surface area is 101 Å². The second-order valence-corrected chi connectivity index (χ2v) is 4.24. The molecule has 1 aromatic rings. The number of piperazine rings is 1. The SMILES string of the molecule is CCc1cccc(N2CC(=O)NC(C)C2=O)c1. The normalized spacial score (nSPS) is 20.4. The van der Waals surface area contributed by atoms with Gasteiger partial charge in [-0.05, 0) is 31.0 Å². The van der Waals surface area contributed by atoms with Gasteiger partial charge in [-0.25, -0.2) is 0 Å². The molecule has 1 fully saturated rings. The van der Waals surface area contributed by atoms with Gasteiger partial charge in [0, 0.05) is 5.69 Å². The van der Waals surface area contributed by atoms with Crippen LogP contribution in [0.4, 0.5) is 5.69 Å². The number of nitrogens with zero attached hydrogens (tertiary/aromatic N) is 1. The third-order valence-corrected chi connectivity index (χ3v) is 2.95. The van der Waals surface area contributed by atoms with Crippen molar-refractivity contribution in [2.24, 2.45) is 0 Å². The van der Waals surface area contributed by atoms with Gasteiger partial charge in [0.1, 0.15) is 12.6 Å². The highest BCUT2D eigenvalue weighted by atomic mass is 16.2. The number of carbonyl (C=O) groups is 2. The van der Waals surface area contributed by atoms with Crippen LogP contribution in [-0.2, 0) is 16.0 Å². The van der Waals surface area contributed by atoms with Gasteiger partial charge >= 0.3 is 0 Å². The maximum absolute atomic E-state index is 12.0. The van der Waals surface area contributed by atoms with Gasteiger partial charge in [0.2, 0.25) is 11.8 Å². The fourth-order valence-corrected chi connectivity index (χ4v) is 1.97. The molecule has 90 valence electrons. The topological polar surface area (TPSA) is 49.4 Å². The van der Waals surface area contributed by atoms with Crippen LogP contribution in [0.25, 0.3) is 0 Å². The summed E-state index contributed by atoms with van der Waals surface area (Å²) < 4.78 is 0. The lowest BCUT2D eigenvalue weighted by Gasteiger charge is -2.31. The van der Waals surface area contributed by atoms with Crippen molar-refractivity contribution >= 4 is 17.5 Å². The van der Waals surface area contributed by atoms with Crippen molar-refractivity contribution in [2.75, 3.05) is 11.4 Å². The Kier molecular flexibility index (Phi) is 3.13. The summed E-state index contributed by atoms with van der Waals surface area (Å²) in [4.78, 5) is 25.0. The Hall–Kier alpha value is -1.84. The van der Waals surface area contributed by atoms with E-state index < -0.39 is 6.04 Å². The minimum Gasteiger partial charge on any atom is -0.343 e. The summed E-state index contributed by atoms with van der Waals surface area (Å²) in [6, 6.07) is 7.31. The summed E-state index contributed by atoms with van der Waals surface area (Å²) in [5.74, 6) is -0.170. The van der Waals surface area contributed by atoms with E-state index in [1.54, 1.807) is 11.8 Å². The zero-order valence-electron chi connectivity index (χ0n) is 10.1. The van der Waals surface area contributed by atoms with E-state index in [-0.39, 0.29) is 18.4 Å². The number of nitrogens with one attached hydrogen (secondary N) is 1. The van der Waals surface area contributed by atoms with E-state index in [4.69, 9.17) is 0 Å². The predicted molar refractivity (Wildman–Crippen MR) is 65.8 cm³/mol. The Morgan fingerprint density at radius 3 is 2.88 bits per heavy atom. The van der Waals surface area contributed by atoms with Gasteiger partial charge < -0.3 is 10.2 Å². The van der Waals surface area contributed by atoms with E-state index in [1.807, 2.05) is 24.3 Å². The summed E-state index contributed by atoms with van der Waals surface area (Å²) in [5.41, 5.74) is 1.96. The second kappa shape index (κ2) is 4.57. The number of hydrogen-bond acceptors (Lipinski definition) is 2. The Balaban J connectivity index is 2.31. The molecule has 0 aromatic heterocycles. The van der Waals surface area contributed by atoms with Crippen LogP contribution in [0.3, 0.4) is 0 Å². The largest absolute Gasteiger partial charge is 0.343 e. The van der Waals surface area contributed by atoms with E-state index in [9.17, 15) is 9.59 Å². The summed E-state index contributed by atoms with van der Waals surface area (Å²) >= 11 is 0. The minimum atomic E-state index is -0.443. The van der Waals surface area contributed by atoms with Crippen molar-refractivity contribution in [3.8, 4) is 0 Å². The monoisotopic (exact) mass is 232 g/mol. The van der Waals surface area contributed by atoms with Crippen LogP contribution in [0, 0.1) is 0 Å². The Bertz CT molecular complexity index is 456. The average molecular weight is 232 g/mol. The molecule has 0 radical (unpaired) electrons. The lowest BCUT2D eigenvalue weighted by molar-refractivity contribution is -0.130. The molecule has 1 aliphatic rings.